The number of H-pyrrole nitrogens is 2. The molecule has 4 rings (SSSR count). The minimum Gasteiger partial charge on any atom is -0.342 e. The lowest BCUT2D eigenvalue weighted by atomic mass is 9.94. The molecule has 1 atom stereocenters. The Morgan fingerprint density at radius 3 is 2.43 bits per heavy atom. The summed E-state index contributed by atoms with van der Waals surface area (Å²) in [5, 5.41) is 2.96. The Morgan fingerprint density at radius 1 is 1.07 bits per heavy atom. The third-order valence-corrected chi connectivity index (χ3v) is 6.68. The molecule has 8 nitrogen and oxygen atoms in total. The summed E-state index contributed by atoms with van der Waals surface area (Å²) in [4.78, 5) is 45.7. The second-order valence-electron chi connectivity index (χ2n) is 8.72. The van der Waals surface area contributed by atoms with Crippen molar-refractivity contribution in [3.63, 3.8) is 0 Å². The van der Waals surface area contributed by atoms with Gasteiger partial charge in [-0.2, -0.15) is 0 Å². The largest absolute Gasteiger partial charge is 0.342 e. The molecule has 8 heteroatoms. The van der Waals surface area contributed by atoms with Crippen LogP contribution in [0.1, 0.15) is 45.4 Å². The Morgan fingerprint density at radius 2 is 1.73 bits per heavy atom. The predicted octanol–water partition coefficient (Wildman–Crippen LogP) is 0.881. The topological polar surface area (TPSA) is 102 Å². The van der Waals surface area contributed by atoms with Crippen molar-refractivity contribution in [3.05, 3.63) is 28.7 Å². The number of aromatic amines is 2. The zero-order valence-electron chi connectivity index (χ0n) is 17.6. The quantitative estimate of drug-likeness (QED) is 0.597. The van der Waals surface area contributed by atoms with Crippen molar-refractivity contribution >= 4 is 28.5 Å². The van der Waals surface area contributed by atoms with Gasteiger partial charge in [0, 0.05) is 37.5 Å². The Kier molecular flexibility index (Phi) is 6.22. The summed E-state index contributed by atoms with van der Waals surface area (Å²) in [5.74, 6) is 0.385. The van der Waals surface area contributed by atoms with Crippen LogP contribution in [0, 0.1) is 5.92 Å². The summed E-state index contributed by atoms with van der Waals surface area (Å²) in [6.07, 6.45) is 6.39. The second-order valence-corrected chi connectivity index (χ2v) is 8.72. The van der Waals surface area contributed by atoms with E-state index in [1.165, 1.54) is 17.7 Å². The summed E-state index contributed by atoms with van der Waals surface area (Å²) in [5.41, 5.74) is 1.79. The zero-order valence-corrected chi connectivity index (χ0v) is 17.6. The second kappa shape index (κ2) is 9.04. The van der Waals surface area contributed by atoms with Crippen LogP contribution in [0.3, 0.4) is 0 Å². The van der Waals surface area contributed by atoms with Gasteiger partial charge < -0.3 is 25.1 Å². The molecule has 3 heterocycles. The van der Waals surface area contributed by atoms with Crippen LogP contribution < -0.4 is 15.9 Å². The third kappa shape index (κ3) is 4.59. The van der Waals surface area contributed by atoms with Gasteiger partial charge in [0.1, 0.15) is 0 Å². The van der Waals surface area contributed by atoms with E-state index >= 15 is 0 Å². The highest BCUT2D eigenvalue weighted by Gasteiger charge is 2.34. The van der Waals surface area contributed by atoms with E-state index in [2.05, 4.69) is 20.2 Å². The Bertz CT molecular complexity index is 949. The SMILES string of the molecule is C[C@H](C(=O)Nc1ccc2[nH]c(=O)[nH]c2c1)[NH+]1CCC(C(=O)N2CCCCCC2)CC1. The van der Waals surface area contributed by atoms with Gasteiger partial charge in [-0.05, 0) is 38.0 Å². The number of hydrogen-bond donors (Lipinski definition) is 4. The molecule has 2 saturated heterocycles. The highest BCUT2D eigenvalue weighted by atomic mass is 16.2. The Hall–Kier alpha value is -2.61. The van der Waals surface area contributed by atoms with Crippen LogP contribution in [0.2, 0.25) is 0 Å². The fourth-order valence-electron chi connectivity index (χ4n) is 4.76. The molecule has 162 valence electrons. The molecule has 1 aromatic carbocycles. The smallest absolute Gasteiger partial charge is 0.323 e. The first kappa shape index (κ1) is 20.7. The molecule has 0 saturated carbocycles. The van der Waals surface area contributed by atoms with Crippen LogP contribution in [0.25, 0.3) is 11.0 Å². The van der Waals surface area contributed by atoms with Crippen LogP contribution in [0.5, 0.6) is 0 Å². The lowest BCUT2D eigenvalue weighted by Gasteiger charge is -2.34. The summed E-state index contributed by atoms with van der Waals surface area (Å²) in [7, 11) is 0. The maximum atomic E-state index is 12.9. The van der Waals surface area contributed by atoms with Crippen LogP contribution in [0.4, 0.5) is 5.69 Å². The molecule has 0 bridgehead atoms. The fourth-order valence-corrected chi connectivity index (χ4v) is 4.76. The first-order valence-electron chi connectivity index (χ1n) is 11.2. The molecule has 30 heavy (non-hydrogen) atoms. The number of aromatic nitrogens is 2. The number of nitrogens with zero attached hydrogens (tertiary/aromatic N) is 1. The first-order valence-corrected chi connectivity index (χ1v) is 11.2. The van der Waals surface area contributed by atoms with E-state index in [0.717, 1.165) is 51.9 Å². The molecular formula is C22H32N5O3+. The molecule has 0 radical (unpaired) electrons. The summed E-state index contributed by atoms with van der Waals surface area (Å²) >= 11 is 0. The molecule has 2 amide bonds. The molecule has 0 unspecified atom stereocenters. The number of hydrogen-bond acceptors (Lipinski definition) is 3. The molecule has 4 N–H and O–H groups in total. The predicted molar refractivity (Wildman–Crippen MR) is 115 cm³/mol. The number of quaternary nitrogens is 1. The molecule has 2 aliphatic rings. The van der Waals surface area contributed by atoms with E-state index < -0.39 is 0 Å². The maximum absolute atomic E-state index is 12.9. The normalized spacial score (nSPS) is 23.7. The van der Waals surface area contributed by atoms with Crippen LogP contribution in [-0.2, 0) is 9.59 Å². The van der Waals surface area contributed by atoms with Gasteiger partial charge >= 0.3 is 5.69 Å². The summed E-state index contributed by atoms with van der Waals surface area (Å²) in [6.45, 7) is 5.42. The van der Waals surface area contributed by atoms with Crippen molar-refractivity contribution in [2.45, 2.75) is 51.5 Å². The van der Waals surface area contributed by atoms with Gasteiger partial charge in [0.25, 0.3) is 5.91 Å². The van der Waals surface area contributed by atoms with Crippen LogP contribution >= 0.6 is 0 Å². The van der Waals surface area contributed by atoms with Gasteiger partial charge in [-0.1, -0.05) is 12.8 Å². The molecule has 2 aromatic rings. The van der Waals surface area contributed by atoms with Gasteiger partial charge in [0.2, 0.25) is 5.91 Å². The van der Waals surface area contributed by atoms with Crippen LogP contribution in [0.15, 0.2) is 23.0 Å². The summed E-state index contributed by atoms with van der Waals surface area (Å²) < 4.78 is 0. The molecule has 1 aromatic heterocycles. The van der Waals surface area contributed by atoms with E-state index in [4.69, 9.17) is 0 Å². The van der Waals surface area contributed by atoms with Crippen molar-refractivity contribution in [1.82, 2.24) is 14.9 Å². The monoisotopic (exact) mass is 414 g/mol. The average molecular weight is 415 g/mol. The Balaban J connectivity index is 1.30. The number of amides is 2. The van der Waals surface area contributed by atoms with Crippen molar-refractivity contribution < 1.29 is 14.5 Å². The van der Waals surface area contributed by atoms with E-state index in [9.17, 15) is 14.4 Å². The molecule has 0 spiro atoms. The minimum atomic E-state index is -0.260. The molecule has 0 aliphatic carbocycles. The number of imidazole rings is 1. The Labute approximate surface area is 176 Å². The highest BCUT2D eigenvalue weighted by molar-refractivity contribution is 5.95. The highest BCUT2D eigenvalue weighted by Crippen LogP contribution is 2.18. The number of carbonyl (C=O) groups is 2. The first-order chi connectivity index (χ1) is 14.5. The van der Waals surface area contributed by atoms with Gasteiger partial charge in [-0.3, -0.25) is 9.59 Å². The van der Waals surface area contributed by atoms with Crippen molar-refractivity contribution in [2.75, 3.05) is 31.5 Å². The summed E-state index contributed by atoms with van der Waals surface area (Å²) in [6, 6.07) is 5.14. The maximum Gasteiger partial charge on any atom is 0.323 e. The number of fused-ring (bicyclic) bond motifs is 1. The van der Waals surface area contributed by atoms with E-state index in [0.29, 0.717) is 22.6 Å². The number of carbonyl (C=O) groups excluding carboxylic acids is 2. The number of anilines is 1. The molecular weight excluding hydrogens is 382 g/mol. The van der Waals surface area contributed by atoms with Crippen molar-refractivity contribution in [3.8, 4) is 0 Å². The van der Waals surface area contributed by atoms with E-state index in [1.807, 2.05) is 6.92 Å². The van der Waals surface area contributed by atoms with Gasteiger partial charge in [0.05, 0.1) is 24.1 Å². The minimum absolute atomic E-state index is 0.0421. The number of likely N-dealkylation sites (tertiary alicyclic amines) is 2. The van der Waals surface area contributed by atoms with E-state index in [-0.39, 0.29) is 23.6 Å². The fraction of sp³-hybridized carbons (Fsp3) is 0.591. The average Bonchev–Trinajstić information content (AvgIpc) is 2.94. The third-order valence-electron chi connectivity index (χ3n) is 6.68. The van der Waals surface area contributed by atoms with Crippen LogP contribution in [-0.4, -0.2) is 58.9 Å². The standard InChI is InChI=1S/C22H31N5O3/c1-15(20(28)23-17-6-7-18-19(14-17)25-22(30)24-18)26-12-8-16(9-13-26)21(29)27-10-4-2-3-5-11-27/h6-7,14-16H,2-5,8-13H2,1H3,(H,23,28)(H2,24,25,30)/p+1/t15-/m1/s1. The lowest BCUT2D eigenvalue weighted by molar-refractivity contribution is -0.919. The van der Waals surface area contributed by atoms with Crippen molar-refractivity contribution in [1.29, 1.82) is 0 Å². The van der Waals surface area contributed by atoms with Gasteiger partial charge in [-0.25, -0.2) is 4.79 Å². The number of benzene rings is 1. The van der Waals surface area contributed by atoms with E-state index in [1.54, 1.807) is 18.2 Å². The van der Waals surface area contributed by atoms with Gasteiger partial charge in [0.15, 0.2) is 6.04 Å². The van der Waals surface area contributed by atoms with Gasteiger partial charge in [-0.15, -0.1) is 0 Å². The lowest BCUT2D eigenvalue weighted by Crippen LogP contribution is -3.17. The molecule has 2 fully saturated rings. The zero-order chi connectivity index (χ0) is 21.1. The number of piperidine rings is 1. The number of rotatable bonds is 4. The van der Waals surface area contributed by atoms with Crippen molar-refractivity contribution in [2.24, 2.45) is 5.92 Å². The number of nitrogens with one attached hydrogen (secondary N) is 4. The molecule has 2 aliphatic heterocycles.